The number of aryl methyl sites for hydroxylation is 1. The van der Waals surface area contributed by atoms with Gasteiger partial charge in [-0.15, -0.1) is 10.2 Å². The Morgan fingerprint density at radius 3 is 3.23 bits per heavy atom. The third-order valence-corrected chi connectivity index (χ3v) is 4.76. The van der Waals surface area contributed by atoms with Gasteiger partial charge >= 0.3 is 0 Å². The molecule has 0 radical (unpaired) electrons. The quantitative estimate of drug-likeness (QED) is 0.794. The van der Waals surface area contributed by atoms with Crippen molar-refractivity contribution in [3.8, 4) is 0 Å². The molecule has 22 heavy (non-hydrogen) atoms. The number of hydrogen-bond acceptors (Lipinski definition) is 7. The standard InChI is InChI=1S/C14H17N7S/c1-10-9-21-14(17-10)22-13(19-21)15-8-11-4-3-7-20(11)12-5-2-6-16-18-12/h2,5-6,9,11H,3-4,7-8H2,1H3,(H,15,19)/t11-/m1/s1. The van der Waals surface area contributed by atoms with E-state index in [4.69, 9.17) is 0 Å². The molecule has 7 nitrogen and oxygen atoms in total. The van der Waals surface area contributed by atoms with E-state index >= 15 is 0 Å². The molecule has 0 spiro atoms. The van der Waals surface area contributed by atoms with Crippen LogP contribution in [0.2, 0.25) is 0 Å². The maximum Gasteiger partial charge on any atom is 0.214 e. The second-order valence-corrected chi connectivity index (χ2v) is 6.42. The van der Waals surface area contributed by atoms with E-state index in [1.54, 1.807) is 17.5 Å². The van der Waals surface area contributed by atoms with Gasteiger partial charge in [-0.3, -0.25) is 0 Å². The summed E-state index contributed by atoms with van der Waals surface area (Å²) in [7, 11) is 0. The Morgan fingerprint density at radius 1 is 1.45 bits per heavy atom. The minimum Gasteiger partial charge on any atom is -0.358 e. The van der Waals surface area contributed by atoms with E-state index in [9.17, 15) is 0 Å². The van der Waals surface area contributed by atoms with Gasteiger partial charge in [-0.05, 0) is 31.9 Å². The zero-order valence-electron chi connectivity index (χ0n) is 12.3. The van der Waals surface area contributed by atoms with E-state index in [1.165, 1.54) is 6.42 Å². The maximum atomic E-state index is 4.51. The first-order valence-corrected chi connectivity index (χ1v) is 8.22. The predicted molar refractivity (Wildman–Crippen MR) is 86.5 cm³/mol. The Balaban J connectivity index is 1.45. The van der Waals surface area contributed by atoms with Crippen molar-refractivity contribution >= 4 is 27.2 Å². The molecular formula is C14H17N7S. The zero-order chi connectivity index (χ0) is 14.9. The molecule has 4 rings (SSSR count). The average Bonchev–Trinajstić information content (AvgIpc) is 3.20. The predicted octanol–water partition coefficient (Wildman–Crippen LogP) is 1.97. The molecule has 4 heterocycles. The number of nitrogens with zero attached hydrogens (tertiary/aromatic N) is 6. The van der Waals surface area contributed by atoms with Gasteiger partial charge in [0.15, 0.2) is 5.82 Å². The molecule has 1 atom stereocenters. The zero-order valence-corrected chi connectivity index (χ0v) is 13.1. The fourth-order valence-electron chi connectivity index (χ4n) is 2.88. The van der Waals surface area contributed by atoms with Crippen LogP contribution < -0.4 is 10.2 Å². The lowest BCUT2D eigenvalue weighted by molar-refractivity contribution is 0.685. The first-order chi connectivity index (χ1) is 10.8. The summed E-state index contributed by atoms with van der Waals surface area (Å²) in [5.74, 6) is 0.955. The van der Waals surface area contributed by atoms with Crippen LogP contribution >= 0.6 is 11.3 Å². The van der Waals surface area contributed by atoms with Crippen LogP contribution in [-0.2, 0) is 0 Å². The van der Waals surface area contributed by atoms with Crippen LogP contribution in [0.25, 0.3) is 4.96 Å². The molecule has 8 heteroatoms. The highest BCUT2D eigenvalue weighted by molar-refractivity contribution is 7.20. The van der Waals surface area contributed by atoms with E-state index in [-0.39, 0.29) is 0 Å². The Morgan fingerprint density at radius 2 is 2.41 bits per heavy atom. The van der Waals surface area contributed by atoms with E-state index in [1.807, 2.05) is 29.8 Å². The molecule has 1 fully saturated rings. The number of aromatic nitrogens is 5. The average molecular weight is 315 g/mol. The fourth-order valence-corrected chi connectivity index (χ4v) is 3.72. The van der Waals surface area contributed by atoms with E-state index < -0.39 is 0 Å². The normalized spacial score (nSPS) is 18.2. The van der Waals surface area contributed by atoms with Crippen LogP contribution in [0.15, 0.2) is 24.5 Å². The Hall–Kier alpha value is -2.22. The lowest BCUT2D eigenvalue weighted by Gasteiger charge is -2.25. The van der Waals surface area contributed by atoms with E-state index in [0.717, 1.165) is 41.1 Å². The van der Waals surface area contributed by atoms with Gasteiger partial charge in [0.25, 0.3) is 0 Å². The second kappa shape index (κ2) is 5.53. The van der Waals surface area contributed by atoms with Crippen LogP contribution in [0.3, 0.4) is 0 Å². The van der Waals surface area contributed by atoms with Crippen molar-refractivity contribution in [3.63, 3.8) is 0 Å². The monoisotopic (exact) mass is 315 g/mol. The van der Waals surface area contributed by atoms with Gasteiger partial charge in [0.05, 0.1) is 11.9 Å². The highest BCUT2D eigenvalue weighted by Gasteiger charge is 2.25. The summed E-state index contributed by atoms with van der Waals surface area (Å²) in [5.41, 5.74) is 0.995. The molecule has 1 aliphatic heterocycles. The molecule has 0 aromatic carbocycles. The smallest absolute Gasteiger partial charge is 0.214 e. The van der Waals surface area contributed by atoms with Crippen molar-refractivity contribution in [2.75, 3.05) is 23.3 Å². The first-order valence-electron chi connectivity index (χ1n) is 7.40. The maximum absolute atomic E-state index is 4.51. The van der Waals surface area contributed by atoms with Crippen LogP contribution in [-0.4, -0.2) is 43.9 Å². The Bertz CT molecular complexity index is 734. The summed E-state index contributed by atoms with van der Waals surface area (Å²) in [6, 6.07) is 4.38. The lowest BCUT2D eigenvalue weighted by atomic mass is 10.2. The summed E-state index contributed by atoms with van der Waals surface area (Å²) < 4.78 is 1.83. The summed E-state index contributed by atoms with van der Waals surface area (Å²) in [6.07, 6.45) is 5.99. The minimum absolute atomic E-state index is 0.426. The molecule has 1 N–H and O–H groups in total. The number of hydrogen-bond donors (Lipinski definition) is 1. The van der Waals surface area contributed by atoms with Gasteiger partial charge in [-0.1, -0.05) is 11.3 Å². The molecule has 3 aromatic rings. The number of fused-ring (bicyclic) bond motifs is 1. The van der Waals surface area contributed by atoms with E-state index in [0.29, 0.717) is 6.04 Å². The molecule has 1 aliphatic rings. The Labute approximate surface area is 132 Å². The minimum atomic E-state index is 0.426. The molecule has 0 unspecified atom stereocenters. The third-order valence-electron chi connectivity index (χ3n) is 3.88. The molecule has 0 bridgehead atoms. The van der Waals surface area contributed by atoms with Crippen molar-refractivity contribution in [2.45, 2.75) is 25.8 Å². The molecule has 1 saturated heterocycles. The lowest BCUT2D eigenvalue weighted by Crippen LogP contribution is -2.35. The van der Waals surface area contributed by atoms with Crippen molar-refractivity contribution < 1.29 is 0 Å². The third kappa shape index (κ3) is 2.50. The Kier molecular flexibility index (Phi) is 3.38. The topological polar surface area (TPSA) is 71.2 Å². The summed E-state index contributed by atoms with van der Waals surface area (Å²) in [5, 5.41) is 17.1. The van der Waals surface area contributed by atoms with Gasteiger partial charge < -0.3 is 10.2 Å². The van der Waals surface area contributed by atoms with Crippen LogP contribution in [0.4, 0.5) is 10.9 Å². The summed E-state index contributed by atoms with van der Waals surface area (Å²) >= 11 is 1.58. The van der Waals surface area contributed by atoms with Crippen molar-refractivity contribution in [2.24, 2.45) is 0 Å². The first kappa shape index (κ1) is 13.4. The van der Waals surface area contributed by atoms with Gasteiger partial charge in [0, 0.05) is 25.3 Å². The molecular weight excluding hydrogens is 298 g/mol. The summed E-state index contributed by atoms with van der Waals surface area (Å²) in [4.78, 5) is 7.68. The van der Waals surface area contributed by atoms with Crippen LogP contribution in [0, 0.1) is 6.92 Å². The highest BCUT2D eigenvalue weighted by atomic mass is 32.1. The molecule has 0 aliphatic carbocycles. The number of nitrogens with one attached hydrogen (secondary N) is 1. The van der Waals surface area contributed by atoms with Gasteiger partial charge in [0.1, 0.15) is 0 Å². The van der Waals surface area contributed by atoms with Gasteiger partial charge in [0.2, 0.25) is 10.1 Å². The number of rotatable bonds is 4. The van der Waals surface area contributed by atoms with Crippen LogP contribution in [0.5, 0.6) is 0 Å². The number of imidazole rings is 1. The van der Waals surface area contributed by atoms with Crippen molar-refractivity contribution in [1.82, 2.24) is 24.8 Å². The second-order valence-electron chi connectivity index (χ2n) is 5.47. The van der Waals surface area contributed by atoms with Crippen LogP contribution in [0.1, 0.15) is 18.5 Å². The van der Waals surface area contributed by atoms with E-state index in [2.05, 4.69) is 30.5 Å². The summed E-state index contributed by atoms with van der Waals surface area (Å²) in [6.45, 7) is 3.86. The molecule has 114 valence electrons. The molecule has 0 saturated carbocycles. The fraction of sp³-hybridized carbons (Fsp3) is 0.429. The van der Waals surface area contributed by atoms with Crippen molar-refractivity contribution in [3.05, 3.63) is 30.2 Å². The van der Waals surface area contributed by atoms with Crippen molar-refractivity contribution in [1.29, 1.82) is 0 Å². The highest BCUT2D eigenvalue weighted by Crippen LogP contribution is 2.24. The molecule has 0 amide bonds. The van der Waals surface area contributed by atoms with Gasteiger partial charge in [-0.2, -0.15) is 5.10 Å². The molecule has 3 aromatic heterocycles. The number of anilines is 2. The largest absolute Gasteiger partial charge is 0.358 e. The SMILES string of the molecule is Cc1cn2nc(NC[C@H]3CCCN3c3cccnn3)sc2n1. The van der Waals surface area contributed by atoms with Gasteiger partial charge in [-0.25, -0.2) is 9.50 Å².